The second kappa shape index (κ2) is 8.68. The molecular weight excluding hydrogens is 342 g/mol. The van der Waals surface area contributed by atoms with Gasteiger partial charge < -0.3 is 10.1 Å². The molecule has 2 aromatic rings. The first kappa shape index (κ1) is 18.9. The summed E-state index contributed by atoms with van der Waals surface area (Å²) < 4.78 is 4.96. The quantitative estimate of drug-likeness (QED) is 0.852. The lowest BCUT2D eigenvalue weighted by atomic mass is 10.0. The zero-order valence-corrected chi connectivity index (χ0v) is 15.8. The number of anilines is 3. The minimum atomic E-state index is -0.497. The summed E-state index contributed by atoms with van der Waals surface area (Å²) in [6, 6.07) is 13.7. The maximum Gasteiger partial charge on any atom is 0.411 e. The third-order valence-corrected chi connectivity index (χ3v) is 4.60. The predicted octanol–water partition coefficient (Wildman–Crippen LogP) is 2.60. The first-order chi connectivity index (χ1) is 13.1. The molecule has 1 aliphatic rings. The van der Waals surface area contributed by atoms with Gasteiger partial charge >= 0.3 is 6.09 Å². The highest BCUT2D eigenvalue weighted by atomic mass is 16.5. The van der Waals surface area contributed by atoms with Gasteiger partial charge in [-0.2, -0.15) is 0 Å². The van der Waals surface area contributed by atoms with Crippen LogP contribution in [0.15, 0.2) is 42.5 Å². The Labute approximate surface area is 159 Å². The summed E-state index contributed by atoms with van der Waals surface area (Å²) in [4.78, 5) is 26.6. The Bertz CT molecular complexity index is 835. The van der Waals surface area contributed by atoms with Crippen LogP contribution in [0.1, 0.15) is 25.0 Å². The van der Waals surface area contributed by atoms with Crippen molar-refractivity contribution in [1.29, 1.82) is 0 Å². The number of carbonyl (C=O) groups excluding carboxylic acids is 2. The van der Waals surface area contributed by atoms with Gasteiger partial charge in [-0.3, -0.25) is 15.0 Å². The molecule has 0 atom stereocenters. The number of benzene rings is 2. The maximum absolute atomic E-state index is 13.1. The van der Waals surface area contributed by atoms with Crippen molar-refractivity contribution in [3.63, 3.8) is 0 Å². The Morgan fingerprint density at radius 3 is 2.56 bits per heavy atom. The summed E-state index contributed by atoms with van der Waals surface area (Å²) in [6.07, 6.45) is 1.21. The number of ether oxygens (including phenoxy) is 1. The van der Waals surface area contributed by atoms with E-state index in [9.17, 15) is 9.59 Å². The third kappa shape index (κ3) is 4.28. The lowest BCUT2D eigenvalue weighted by Gasteiger charge is -2.25. The van der Waals surface area contributed by atoms with Gasteiger partial charge in [0.2, 0.25) is 0 Å². The van der Waals surface area contributed by atoms with Crippen molar-refractivity contribution in [2.24, 2.45) is 0 Å². The monoisotopic (exact) mass is 368 g/mol. The molecule has 0 saturated heterocycles. The van der Waals surface area contributed by atoms with Gasteiger partial charge in [0, 0.05) is 5.69 Å². The second-order valence-corrected chi connectivity index (χ2v) is 6.45. The van der Waals surface area contributed by atoms with Gasteiger partial charge in [-0.15, -0.1) is 0 Å². The van der Waals surface area contributed by atoms with Crippen LogP contribution in [-0.4, -0.2) is 31.7 Å². The van der Waals surface area contributed by atoms with Crippen LogP contribution in [-0.2, 0) is 22.4 Å². The van der Waals surface area contributed by atoms with Crippen LogP contribution in [0.2, 0.25) is 0 Å². The minimum absolute atomic E-state index is 0.0285. The number of fused-ring (bicyclic) bond motifs is 2. The van der Waals surface area contributed by atoms with E-state index in [1.807, 2.05) is 48.6 Å². The smallest absolute Gasteiger partial charge is 0.411 e. The van der Waals surface area contributed by atoms with Gasteiger partial charge in [0.25, 0.3) is 5.91 Å². The number of hydrogen-bond acceptors (Lipinski definition) is 3. The number of hydrogen-bond donors (Lipinski definition) is 2. The fourth-order valence-electron chi connectivity index (χ4n) is 3.31. The summed E-state index contributed by atoms with van der Waals surface area (Å²) in [5, 5.41) is 4.72. The normalized spacial score (nSPS) is 12.6. The molecule has 3 N–H and O–H groups in total. The Hall–Kier alpha value is -2.86. The minimum Gasteiger partial charge on any atom is -0.450 e. The van der Waals surface area contributed by atoms with E-state index >= 15 is 0 Å². The molecule has 3 rings (SSSR count). The highest BCUT2D eigenvalue weighted by Gasteiger charge is 2.26. The van der Waals surface area contributed by atoms with Crippen molar-refractivity contribution in [2.45, 2.75) is 26.7 Å². The molecule has 0 aliphatic carbocycles. The first-order valence-corrected chi connectivity index (χ1v) is 9.43. The molecule has 0 fully saturated rings. The van der Waals surface area contributed by atoms with E-state index < -0.39 is 6.09 Å². The Morgan fingerprint density at radius 2 is 1.81 bits per heavy atom. The van der Waals surface area contributed by atoms with Crippen LogP contribution < -0.4 is 15.5 Å². The van der Waals surface area contributed by atoms with Gasteiger partial charge in [0.05, 0.1) is 24.5 Å². The summed E-state index contributed by atoms with van der Waals surface area (Å²) in [6.45, 7) is 5.32. The van der Waals surface area contributed by atoms with E-state index in [1.165, 1.54) is 0 Å². The average molecular weight is 368 g/mol. The number of nitrogens with one attached hydrogen (secondary N) is 1. The SMILES string of the molecule is CC[NH2+]CC(=O)N1c2ccccc2CCc2ccc(NC(=O)OCC)cc21. The van der Waals surface area contributed by atoms with Crippen LogP contribution >= 0.6 is 0 Å². The number of carbonyl (C=O) groups is 2. The van der Waals surface area contributed by atoms with Crippen molar-refractivity contribution in [3.8, 4) is 0 Å². The maximum atomic E-state index is 13.1. The van der Waals surface area contributed by atoms with E-state index in [4.69, 9.17) is 4.74 Å². The van der Waals surface area contributed by atoms with Crippen LogP contribution in [0.3, 0.4) is 0 Å². The predicted molar refractivity (Wildman–Crippen MR) is 105 cm³/mol. The average Bonchev–Trinajstić information content (AvgIpc) is 2.83. The van der Waals surface area contributed by atoms with Crippen molar-refractivity contribution in [1.82, 2.24) is 0 Å². The summed E-state index contributed by atoms with van der Waals surface area (Å²) >= 11 is 0. The molecular formula is C21H26N3O3+. The Morgan fingerprint density at radius 1 is 1.07 bits per heavy atom. The molecule has 2 aromatic carbocycles. The molecule has 142 valence electrons. The van der Waals surface area contributed by atoms with Crippen LogP contribution in [0, 0.1) is 0 Å². The summed E-state index contributed by atoms with van der Waals surface area (Å²) in [5.74, 6) is 0.0285. The summed E-state index contributed by atoms with van der Waals surface area (Å²) in [5.41, 5.74) is 4.59. The van der Waals surface area contributed by atoms with Gasteiger partial charge in [-0.25, -0.2) is 4.79 Å². The van der Waals surface area contributed by atoms with Crippen molar-refractivity contribution < 1.29 is 19.6 Å². The number of para-hydroxylation sites is 1. The number of quaternary nitrogens is 1. The lowest BCUT2D eigenvalue weighted by Crippen LogP contribution is -2.86. The number of nitrogens with two attached hydrogens (primary N) is 1. The number of aryl methyl sites for hydroxylation is 2. The second-order valence-electron chi connectivity index (χ2n) is 6.45. The largest absolute Gasteiger partial charge is 0.450 e. The van der Waals surface area contributed by atoms with Gasteiger partial charge in [-0.05, 0) is 56.0 Å². The van der Waals surface area contributed by atoms with E-state index in [0.717, 1.165) is 41.9 Å². The highest BCUT2D eigenvalue weighted by Crippen LogP contribution is 2.37. The van der Waals surface area contributed by atoms with Gasteiger partial charge in [-0.1, -0.05) is 24.3 Å². The summed E-state index contributed by atoms with van der Waals surface area (Å²) in [7, 11) is 0. The first-order valence-electron chi connectivity index (χ1n) is 9.43. The van der Waals surface area contributed by atoms with Crippen molar-refractivity contribution in [3.05, 3.63) is 53.6 Å². The van der Waals surface area contributed by atoms with Crippen LogP contribution in [0.5, 0.6) is 0 Å². The van der Waals surface area contributed by atoms with E-state index in [-0.39, 0.29) is 5.91 Å². The van der Waals surface area contributed by atoms with Gasteiger partial charge in [0.15, 0.2) is 6.54 Å². The standard InChI is InChI=1S/C21H25N3O3/c1-3-22-14-20(25)24-18-8-6-5-7-15(18)9-10-16-11-12-17(13-19(16)24)23-21(26)27-4-2/h5-8,11-13,22H,3-4,9-10,14H2,1-2H3,(H,23,26)/p+1. The third-order valence-electron chi connectivity index (χ3n) is 4.60. The number of nitrogens with zero attached hydrogens (tertiary/aromatic N) is 1. The van der Waals surface area contributed by atoms with Crippen molar-refractivity contribution in [2.75, 3.05) is 29.9 Å². The molecule has 27 heavy (non-hydrogen) atoms. The number of likely N-dealkylation sites (N-methyl/N-ethyl adjacent to an activating group) is 1. The molecule has 0 spiro atoms. The molecule has 1 aliphatic heterocycles. The topological polar surface area (TPSA) is 75.3 Å². The molecule has 1 heterocycles. The van der Waals surface area contributed by atoms with E-state index in [1.54, 1.807) is 11.8 Å². The fraction of sp³-hybridized carbons (Fsp3) is 0.333. The molecule has 2 amide bonds. The zero-order chi connectivity index (χ0) is 19.2. The van der Waals surface area contributed by atoms with Crippen LogP contribution in [0.4, 0.5) is 21.9 Å². The zero-order valence-electron chi connectivity index (χ0n) is 15.8. The molecule has 6 heteroatoms. The van der Waals surface area contributed by atoms with E-state index in [2.05, 4.69) is 11.4 Å². The fourth-order valence-corrected chi connectivity index (χ4v) is 3.31. The molecule has 6 nitrogen and oxygen atoms in total. The lowest BCUT2D eigenvalue weighted by molar-refractivity contribution is -0.640. The number of amides is 2. The van der Waals surface area contributed by atoms with Crippen LogP contribution in [0.25, 0.3) is 0 Å². The Kier molecular flexibility index (Phi) is 6.08. The molecule has 0 aromatic heterocycles. The highest BCUT2D eigenvalue weighted by molar-refractivity contribution is 6.03. The molecule has 0 bridgehead atoms. The number of rotatable bonds is 5. The molecule has 0 radical (unpaired) electrons. The molecule has 0 saturated carbocycles. The van der Waals surface area contributed by atoms with E-state index in [0.29, 0.717) is 18.8 Å². The van der Waals surface area contributed by atoms with Crippen molar-refractivity contribution >= 4 is 29.1 Å². The Balaban J connectivity index is 2.02. The molecule has 0 unspecified atom stereocenters. The van der Waals surface area contributed by atoms with Gasteiger partial charge in [0.1, 0.15) is 0 Å².